The molecule has 0 radical (unpaired) electrons. The molecule has 1 N–H and O–H groups in total. The molecule has 0 unspecified atom stereocenters. The minimum Gasteiger partial charge on any atom is -0.488 e. The Morgan fingerprint density at radius 2 is 2.32 bits per heavy atom. The Kier molecular flexibility index (Phi) is 6.07. The molecule has 1 fully saturated rings. The van der Waals surface area contributed by atoms with Crippen molar-refractivity contribution >= 4 is 17.3 Å². The fraction of sp³-hybridized carbons (Fsp3) is 0.421. The summed E-state index contributed by atoms with van der Waals surface area (Å²) >= 11 is 1.69. The van der Waals surface area contributed by atoms with E-state index in [4.69, 9.17) is 14.6 Å². The van der Waals surface area contributed by atoms with Gasteiger partial charge in [-0.15, -0.1) is 11.3 Å². The zero-order chi connectivity index (χ0) is 17.6. The third-order valence-corrected chi connectivity index (χ3v) is 5.19. The van der Waals surface area contributed by atoms with Crippen molar-refractivity contribution in [2.75, 3.05) is 26.2 Å². The number of carboxylic acids is 1. The van der Waals surface area contributed by atoms with Gasteiger partial charge in [0.1, 0.15) is 12.4 Å². The SMILES string of the molecule is Cc1cc(OCc2cccs2)ccc1[C@H]1CN(CCC(=O)O)CCO1. The summed E-state index contributed by atoms with van der Waals surface area (Å²) in [6.07, 6.45) is 0.148. The predicted molar refractivity (Wildman–Crippen MR) is 97.2 cm³/mol. The fourth-order valence-electron chi connectivity index (χ4n) is 3.00. The number of aryl methyl sites for hydroxylation is 1. The van der Waals surface area contributed by atoms with Crippen LogP contribution in [0, 0.1) is 6.92 Å². The van der Waals surface area contributed by atoms with Gasteiger partial charge < -0.3 is 14.6 Å². The van der Waals surface area contributed by atoms with Gasteiger partial charge in [0.25, 0.3) is 0 Å². The molecule has 6 heteroatoms. The maximum atomic E-state index is 10.8. The molecular weight excluding hydrogens is 338 g/mol. The third kappa shape index (κ3) is 5.04. The highest BCUT2D eigenvalue weighted by Gasteiger charge is 2.23. The summed E-state index contributed by atoms with van der Waals surface area (Å²) in [4.78, 5) is 14.1. The first-order valence-electron chi connectivity index (χ1n) is 8.43. The summed E-state index contributed by atoms with van der Waals surface area (Å²) in [5.74, 6) is 0.0969. The molecule has 0 bridgehead atoms. The van der Waals surface area contributed by atoms with Crippen LogP contribution in [0.5, 0.6) is 5.75 Å². The Morgan fingerprint density at radius 3 is 3.04 bits per heavy atom. The molecule has 1 aliphatic rings. The maximum Gasteiger partial charge on any atom is 0.304 e. The largest absolute Gasteiger partial charge is 0.488 e. The Hall–Kier alpha value is -1.89. The molecule has 0 amide bonds. The van der Waals surface area contributed by atoms with Crippen LogP contribution in [0.2, 0.25) is 0 Å². The van der Waals surface area contributed by atoms with E-state index in [0.717, 1.165) is 30.0 Å². The number of nitrogens with zero attached hydrogens (tertiary/aromatic N) is 1. The van der Waals surface area contributed by atoms with Gasteiger partial charge in [-0.3, -0.25) is 9.69 Å². The number of rotatable bonds is 7. The van der Waals surface area contributed by atoms with Gasteiger partial charge in [-0.25, -0.2) is 0 Å². The number of morpholine rings is 1. The lowest BCUT2D eigenvalue weighted by Crippen LogP contribution is -2.39. The lowest BCUT2D eigenvalue weighted by Gasteiger charge is -2.33. The van der Waals surface area contributed by atoms with Crippen LogP contribution in [0.4, 0.5) is 0 Å². The van der Waals surface area contributed by atoms with Gasteiger partial charge in [-0.05, 0) is 41.6 Å². The highest BCUT2D eigenvalue weighted by Crippen LogP contribution is 2.28. The molecule has 5 nitrogen and oxygen atoms in total. The highest BCUT2D eigenvalue weighted by atomic mass is 32.1. The lowest BCUT2D eigenvalue weighted by atomic mass is 10.0. The van der Waals surface area contributed by atoms with Gasteiger partial charge in [0.2, 0.25) is 0 Å². The Labute approximate surface area is 151 Å². The molecule has 1 aromatic heterocycles. The molecule has 1 aliphatic heterocycles. The molecular formula is C19H23NO4S. The summed E-state index contributed by atoms with van der Waals surface area (Å²) in [5, 5.41) is 10.9. The number of carbonyl (C=O) groups is 1. The van der Waals surface area contributed by atoms with E-state index in [9.17, 15) is 4.79 Å². The minimum atomic E-state index is -0.758. The number of aliphatic carboxylic acids is 1. The highest BCUT2D eigenvalue weighted by molar-refractivity contribution is 7.09. The van der Waals surface area contributed by atoms with Crippen molar-refractivity contribution < 1.29 is 19.4 Å². The molecule has 134 valence electrons. The summed E-state index contributed by atoms with van der Waals surface area (Å²) in [6.45, 7) is 5.34. The lowest BCUT2D eigenvalue weighted by molar-refractivity contribution is -0.137. The van der Waals surface area contributed by atoms with Crippen LogP contribution in [0.15, 0.2) is 35.7 Å². The molecule has 2 aromatic rings. The van der Waals surface area contributed by atoms with Gasteiger partial charge in [0.15, 0.2) is 0 Å². The summed E-state index contributed by atoms with van der Waals surface area (Å²) in [6, 6.07) is 10.2. The Morgan fingerprint density at radius 1 is 1.44 bits per heavy atom. The van der Waals surface area contributed by atoms with Crippen LogP contribution in [0.25, 0.3) is 0 Å². The third-order valence-electron chi connectivity index (χ3n) is 4.34. The molecule has 3 rings (SSSR count). The molecule has 0 aliphatic carbocycles. The summed E-state index contributed by atoms with van der Waals surface area (Å²) in [7, 11) is 0. The van der Waals surface area contributed by atoms with E-state index in [2.05, 4.69) is 24.0 Å². The molecule has 2 heterocycles. The molecule has 0 spiro atoms. The average Bonchev–Trinajstić information content (AvgIpc) is 3.12. The van der Waals surface area contributed by atoms with Crippen molar-refractivity contribution in [1.82, 2.24) is 4.90 Å². The topological polar surface area (TPSA) is 59.0 Å². The van der Waals surface area contributed by atoms with Crippen LogP contribution >= 0.6 is 11.3 Å². The number of ether oxygens (including phenoxy) is 2. The smallest absolute Gasteiger partial charge is 0.304 e. The van der Waals surface area contributed by atoms with E-state index in [1.807, 2.05) is 23.6 Å². The summed E-state index contributed by atoms with van der Waals surface area (Å²) < 4.78 is 11.8. The van der Waals surface area contributed by atoms with Gasteiger partial charge in [0.05, 0.1) is 19.1 Å². The standard InChI is InChI=1S/C19H23NO4S/c1-14-11-15(24-13-16-3-2-10-25-16)4-5-17(14)18-12-20(8-9-23-18)7-6-19(21)22/h2-5,10-11,18H,6-9,12-13H2,1H3,(H,21,22)/t18-/m1/s1. The van der Waals surface area contributed by atoms with Crippen molar-refractivity contribution in [1.29, 1.82) is 0 Å². The van der Waals surface area contributed by atoms with Gasteiger partial charge in [0, 0.05) is 24.5 Å². The molecule has 25 heavy (non-hydrogen) atoms. The summed E-state index contributed by atoms with van der Waals surface area (Å²) in [5.41, 5.74) is 2.28. The van der Waals surface area contributed by atoms with Crippen LogP contribution in [0.3, 0.4) is 0 Å². The van der Waals surface area contributed by atoms with Crippen LogP contribution in [-0.2, 0) is 16.1 Å². The molecule has 1 saturated heterocycles. The van der Waals surface area contributed by atoms with Crippen molar-refractivity contribution in [2.45, 2.75) is 26.1 Å². The molecule has 1 aromatic carbocycles. The predicted octanol–water partition coefficient (Wildman–Crippen LogP) is 3.48. The number of thiophene rings is 1. The Balaban J connectivity index is 1.60. The van der Waals surface area contributed by atoms with Gasteiger partial charge >= 0.3 is 5.97 Å². The zero-order valence-corrected chi connectivity index (χ0v) is 15.1. The van der Waals surface area contributed by atoms with Crippen molar-refractivity contribution in [2.24, 2.45) is 0 Å². The number of hydrogen-bond acceptors (Lipinski definition) is 5. The van der Waals surface area contributed by atoms with Crippen LogP contribution < -0.4 is 4.74 Å². The second kappa shape index (κ2) is 8.47. The first kappa shape index (κ1) is 17.9. The second-order valence-electron chi connectivity index (χ2n) is 6.19. The quantitative estimate of drug-likeness (QED) is 0.818. The fourth-order valence-corrected chi connectivity index (χ4v) is 3.61. The van der Waals surface area contributed by atoms with Crippen LogP contribution in [0.1, 0.15) is 28.5 Å². The Bertz CT molecular complexity index is 701. The van der Waals surface area contributed by atoms with Crippen molar-refractivity contribution in [3.05, 3.63) is 51.7 Å². The monoisotopic (exact) mass is 361 g/mol. The zero-order valence-electron chi connectivity index (χ0n) is 14.3. The maximum absolute atomic E-state index is 10.8. The normalized spacial score (nSPS) is 18.2. The average molecular weight is 361 g/mol. The number of carboxylic acid groups (broad SMARTS) is 1. The molecule has 1 atom stereocenters. The van der Waals surface area contributed by atoms with E-state index >= 15 is 0 Å². The van der Waals surface area contributed by atoms with Crippen LogP contribution in [-0.4, -0.2) is 42.2 Å². The van der Waals surface area contributed by atoms with Crippen molar-refractivity contribution in [3.8, 4) is 5.75 Å². The van der Waals surface area contributed by atoms with E-state index in [1.54, 1.807) is 11.3 Å². The first-order valence-corrected chi connectivity index (χ1v) is 9.31. The number of benzene rings is 1. The molecule has 0 saturated carbocycles. The van der Waals surface area contributed by atoms with E-state index in [0.29, 0.717) is 19.8 Å². The van der Waals surface area contributed by atoms with E-state index < -0.39 is 5.97 Å². The first-order chi connectivity index (χ1) is 12.1. The minimum absolute atomic E-state index is 0.0195. The van der Waals surface area contributed by atoms with Gasteiger partial charge in [-0.1, -0.05) is 12.1 Å². The van der Waals surface area contributed by atoms with E-state index in [-0.39, 0.29) is 12.5 Å². The second-order valence-corrected chi connectivity index (χ2v) is 7.22. The number of hydrogen-bond donors (Lipinski definition) is 1. The van der Waals surface area contributed by atoms with Gasteiger partial charge in [-0.2, -0.15) is 0 Å². The van der Waals surface area contributed by atoms with Crippen molar-refractivity contribution in [3.63, 3.8) is 0 Å². The van der Waals surface area contributed by atoms with E-state index in [1.165, 1.54) is 4.88 Å².